The summed E-state index contributed by atoms with van der Waals surface area (Å²) >= 11 is 0. The van der Waals surface area contributed by atoms with E-state index in [-0.39, 0.29) is 25.4 Å². The number of amides is 2. The number of anilines is 2. The van der Waals surface area contributed by atoms with Crippen molar-refractivity contribution < 1.29 is 19.1 Å². The van der Waals surface area contributed by atoms with Gasteiger partial charge < -0.3 is 15.4 Å². The van der Waals surface area contributed by atoms with E-state index in [2.05, 4.69) is 10.6 Å². The lowest BCUT2D eigenvalue weighted by atomic mass is 10.1. The fraction of sp³-hybridized carbons (Fsp3) is 0.286. The molecule has 0 radical (unpaired) electrons. The highest BCUT2D eigenvalue weighted by Crippen LogP contribution is 2.13. The summed E-state index contributed by atoms with van der Waals surface area (Å²) in [5, 5.41) is 5.41. The van der Waals surface area contributed by atoms with Crippen LogP contribution in [0.5, 0.6) is 0 Å². The van der Waals surface area contributed by atoms with E-state index in [1.165, 1.54) is 0 Å². The van der Waals surface area contributed by atoms with Crippen LogP contribution in [0.4, 0.5) is 11.4 Å². The Hall–Kier alpha value is -3.15. The first-order chi connectivity index (χ1) is 12.8. The summed E-state index contributed by atoms with van der Waals surface area (Å²) in [6.45, 7) is 5.41. The molecular weight excluding hydrogens is 344 g/mol. The summed E-state index contributed by atoms with van der Waals surface area (Å²) in [5.74, 6) is -1.29. The molecule has 0 unspecified atom stereocenters. The minimum atomic E-state index is -0.593. The molecule has 0 aliphatic rings. The number of ether oxygens (including phenoxy) is 1. The van der Waals surface area contributed by atoms with Gasteiger partial charge in [-0.1, -0.05) is 18.2 Å². The monoisotopic (exact) mass is 368 g/mol. The van der Waals surface area contributed by atoms with Crippen LogP contribution in [0.2, 0.25) is 0 Å². The highest BCUT2D eigenvalue weighted by atomic mass is 16.5. The third-order valence-corrected chi connectivity index (χ3v) is 3.73. The van der Waals surface area contributed by atoms with Crippen LogP contribution in [0, 0.1) is 20.8 Å². The number of benzene rings is 2. The molecule has 6 nitrogen and oxygen atoms in total. The van der Waals surface area contributed by atoms with Gasteiger partial charge >= 0.3 is 5.97 Å². The van der Waals surface area contributed by atoms with Crippen molar-refractivity contribution in [3.8, 4) is 0 Å². The van der Waals surface area contributed by atoms with Gasteiger partial charge in [-0.15, -0.1) is 0 Å². The zero-order valence-electron chi connectivity index (χ0n) is 15.8. The van der Waals surface area contributed by atoms with Crippen LogP contribution >= 0.6 is 0 Å². The predicted molar refractivity (Wildman–Crippen MR) is 105 cm³/mol. The van der Waals surface area contributed by atoms with Gasteiger partial charge in [-0.05, 0) is 61.7 Å². The van der Waals surface area contributed by atoms with E-state index in [0.717, 1.165) is 16.7 Å². The molecule has 0 aliphatic heterocycles. The number of aryl methyl sites for hydroxylation is 3. The van der Waals surface area contributed by atoms with Crippen molar-refractivity contribution in [1.29, 1.82) is 0 Å². The van der Waals surface area contributed by atoms with Crippen molar-refractivity contribution >= 4 is 29.2 Å². The molecule has 0 heterocycles. The second kappa shape index (κ2) is 9.52. The average Bonchev–Trinajstić information content (AvgIpc) is 2.57. The molecule has 2 aromatic rings. The number of hydrogen-bond acceptors (Lipinski definition) is 4. The summed E-state index contributed by atoms with van der Waals surface area (Å²) in [7, 11) is 0. The van der Waals surface area contributed by atoms with Crippen molar-refractivity contribution in [1.82, 2.24) is 0 Å². The minimum Gasteiger partial charge on any atom is -0.456 e. The van der Waals surface area contributed by atoms with Crippen molar-refractivity contribution in [2.24, 2.45) is 0 Å². The Morgan fingerprint density at radius 3 is 2.07 bits per heavy atom. The van der Waals surface area contributed by atoms with Crippen LogP contribution in [0.15, 0.2) is 42.5 Å². The lowest BCUT2D eigenvalue weighted by Gasteiger charge is -2.09. The van der Waals surface area contributed by atoms with E-state index in [0.29, 0.717) is 11.4 Å². The maximum Gasteiger partial charge on any atom is 0.306 e. The molecule has 142 valence electrons. The molecule has 0 aromatic heterocycles. The molecular formula is C21H24N2O4. The third kappa shape index (κ3) is 7.32. The van der Waals surface area contributed by atoms with Gasteiger partial charge in [-0.25, -0.2) is 0 Å². The first-order valence-corrected chi connectivity index (χ1v) is 8.72. The predicted octanol–water partition coefficient (Wildman–Crippen LogP) is 3.51. The molecule has 0 fully saturated rings. The van der Waals surface area contributed by atoms with Gasteiger partial charge in [0.05, 0.1) is 6.42 Å². The molecule has 2 N–H and O–H groups in total. The average molecular weight is 368 g/mol. The standard InChI is InChI=1S/C21H24N2O4/c1-14-5-4-6-17(10-14)22-19(24)7-8-21(26)27-13-20(25)23-18-11-15(2)9-16(3)12-18/h4-6,9-12H,7-8,13H2,1-3H3,(H,22,24)(H,23,25). The van der Waals surface area contributed by atoms with Gasteiger partial charge in [0.25, 0.3) is 5.91 Å². The maximum atomic E-state index is 11.9. The van der Waals surface area contributed by atoms with Gasteiger partial charge in [0.1, 0.15) is 0 Å². The quantitative estimate of drug-likeness (QED) is 0.733. The number of nitrogens with one attached hydrogen (secondary N) is 2. The molecule has 0 saturated carbocycles. The zero-order chi connectivity index (χ0) is 19.8. The van der Waals surface area contributed by atoms with Crippen LogP contribution in [0.25, 0.3) is 0 Å². The Morgan fingerprint density at radius 2 is 1.41 bits per heavy atom. The van der Waals surface area contributed by atoms with Crippen molar-refractivity contribution in [3.05, 3.63) is 59.2 Å². The lowest BCUT2D eigenvalue weighted by Crippen LogP contribution is -2.22. The normalized spacial score (nSPS) is 10.2. The van der Waals surface area contributed by atoms with Gasteiger partial charge in [0.15, 0.2) is 6.61 Å². The second-order valence-corrected chi connectivity index (χ2v) is 6.50. The topological polar surface area (TPSA) is 84.5 Å². The molecule has 2 rings (SSSR count). The molecule has 0 bridgehead atoms. The largest absolute Gasteiger partial charge is 0.456 e. The fourth-order valence-electron chi connectivity index (χ4n) is 2.62. The van der Waals surface area contributed by atoms with E-state index in [9.17, 15) is 14.4 Å². The zero-order valence-corrected chi connectivity index (χ0v) is 15.8. The number of rotatable bonds is 7. The van der Waals surface area contributed by atoms with Crippen LogP contribution in [0.1, 0.15) is 29.5 Å². The number of esters is 1. The Bertz CT molecular complexity index is 826. The summed E-state index contributed by atoms with van der Waals surface area (Å²) in [6, 6.07) is 13.1. The molecule has 6 heteroatoms. The third-order valence-electron chi connectivity index (χ3n) is 3.73. The Labute approximate surface area is 158 Å². The van der Waals surface area contributed by atoms with Crippen molar-refractivity contribution in [3.63, 3.8) is 0 Å². The fourth-order valence-corrected chi connectivity index (χ4v) is 2.62. The summed E-state index contributed by atoms with van der Waals surface area (Å²) < 4.78 is 4.93. The van der Waals surface area contributed by atoms with Crippen LogP contribution in [-0.4, -0.2) is 24.4 Å². The van der Waals surface area contributed by atoms with E-state index in [1.807, 2.05) is 57.2 Å². The van der Waals surface area contributed by atoms with Crippen LogP contribution in [0.3, 0.4) is 0 Å². The number of carbonyl (C=O) groups excluding carboxylic acids is 3. The van der Waals surface area contributed by atoms with E-state index >= 15 is 0 Å². The lowest BCUT2D eigenvalue weighted by molar-refractivity contribution is -0.147. The van der Waals surface area contributed by atoms with E-state index in [4.69, 9.17) is 4.74 Å². The highest BCUT2D eigenvalue weighted by Gasteiger charge is 2.11. The molecule has 0 atom stereocenters. The molecule has 0 saturated heterocycles. The smallest absolute Gasteiger partial charge is 0.306 e. The number of hydrogen-bond donors (Lipinski definition) is 2. The highest BCUT2D eigenvalue weighted by molar-refractivity contribution is 5.94. The van der Waals surface area contributed by atoms with Gasteiger partial charge in [-0.3, -0.25) is 14.4 Å². The van der Waals surface area contributed by atoms with Crippen LogP contribution in [-0.2, 0) is 19.1 Å². The maximum absolute atomic E-state index is 11.9. The minimum absolute atomic E-state index is 0.00846. The van der Waals surface area contributed by atoms with Crippen LogP contribution < -0.4 is 10.6 Å². The SMILES string of the molecule is Cc1cccc(NC(=O)CCC(=O)OCC(=O)Nc2cc(C)cc(C)c2)c1. The van der Waals surface area contributed by atoms with E-state index in [1.54, 1.807) is 6.07 Å². The van der Waals surface area contributed by atoms with Gasteiger partial charge in [0, 0.05) is 17.8 Å². The van der Waals surface area contributed by atoms with Crippen molar-refractivity contribution in [2.45, 2.75) is 33.6 Å². The Morgan fingerprint density at radius 1 is 0.778 bits per heavy atom. The molecule has 0 spiro atoms. The Balaban J connectivity index is 1.70. The molecule has 0 aliphatic carbocycles. The number of carbonyl (C=O) groups is 3. The first-order valence-electron chi connectivity index (χ1n) is 8.72. The summed E-state index contributed by atoms with van der Waals surface area (Å²) in [4.78, 5) is 35.5. The van der Waals surface area contributed by atoms with Gasteiger partial charge in [-0.2, -0.15) is 0 Å². The molecule has 27 heavy (non-hydrogen) atoms. The van der Waals surface area contributed by atoms with Crippen molar-refractivity contribution in [2.75, 3.05) is 17.2 Å². The second-order valence-electron chi connectivity index (χ2n) is 6.50. The van der Waals surface area contributed by atoms with Gasteiger partial charge in [0.2, 0.25) is 5.91 Å². The first kappa shape index (κ1) is 20.2. The Kier molecular flexibility index (Phi) is 7.11. The summed E-state index contributed by atoms with van der Waals surface area (Å²) in [5.41, 5.74) is 4.43. The van der Waals surface area contributed by atoms with E-state index < -0.39 is 11.9 Å². The summed E-state index contributed by atoms with van der Waals surface area (Å²) in [6.07, 6.45) is -0.0973. The molecule has 2 aromatic carbocycles. The molecule has 2 amide bonds.